The Morgan fingerprint density at radius 3 is 2.39 bits per heavy atom. The van der Waals surface area contributed by atoms with E-state index >= 15 is 0 Å². The molecule has 0 bridgehead atoms. The number of thiazole rings is 1. The molecule has 2 aliphatic rings. The highest BCUT2D eigenvalue weighted by atomic mass is 32.1. The summed E-state index contributed by atoms with van der Waals surface area (Å²) >= 11 is 0.899. The molecule has 1 N–H and O–H groups in total. The SMILES string of the molecule is COc1cc(C2=Nc3c/c(=C/c4sc(=O)n(CC(=O)N5CCCCC5)c4O)ccc3=N2)cc(OC)c1OC. The van der Waals surface area contributed by atoms with Crippen LogP contribution < -0.4 is 29.7 Å². The fourth-order valence-corrected chi connectivity index (χ4v) is 5.43. The molecule has 10 nitrogen and oxygen atoms in total. The lowest BCUT2D eigenvalue weighted by Gasteiger charge is -2.26. The molecule has 2 aromatic carbocycles. The summed E-state index contributed by atoms with van der Waals surface area (Å²) < 4.78 is 17.4. The Hall–Kier alpha value is -4.12. The molecule has 1 amide bonds. The standard InChI is InChI=1S/C27H28N4O6S/c1-35-20-13-17(14-21(36-2)24(20)37-3)25-28-18-8-7-16(11-19(18)29-25)12-22-26(33)31(27(34)38-22)15-23(32)30-9-5-4-6-10-30/h7-8,11-14,33H,4-6,9-10,15H2,1-3H3/b16-12+. The molecule has 5 rings (SSSR count). The first kappa shape index (κ1) is 25.5. The van der Waals surface area contributed by atoms with E-state index in [4.69, 9.17) is 14.2 Å². The summed E-state index contributed by atoms with van der Waals surface area (Å²) in [4.78, 5) is 36.3. The normalized spacial score (nSPS) is 15.1. The molecule has 0 aliphatic carbocycles. The zero-order valence-electron chi connectivity index (χ0n) is 21.4. The zero-order chi connectivity index (χ0) is 26.8. The highest BCUT2D eigenvalue weighted by Crippen LogP contribution is 2.38. The minimum Gasteiger partial charge on any atom is -0.493 e. The van der Waals surface area contributed by atoms with Gasteiger partial charge in [-0.05, 0) is 54.8 Å². The monoisotopic (exact) mass is 536 g/mol. The summed E-state index contributed by atoms with van der Waals surface area (Å²) in [5, 5.41) is 12.2. The number of ether oxygens (including phenoxy) is 3. The number of piperidine rings is 1. The van der Waals surface area contributed by atoms with E-state index in [9.17, 15) is 14.7 Å². The van der Waals surface area contributed by atoms with Crippen molar-refractivity contribution in [3.05, 3.63) is 61.0 Å². The van der Waals surface area contributed by atoms with Gasteiger partial charge in [-0.2, -0.15) is 0 Å². The minimum absolute atomic E-state index is 0.153. The van der Waals surface area contributed by atoms with E-state index in [0.29, 0.717) is 57.7 Å². The van der Waals surface area contributed by atoms with Crippen molar-refractivity contribution < 1.29 is 24.1 Å². The van der Waals surface area contributed by atoms with Crippen molar-refractivity contribution in [3.63, 3.8) is 0 Å². The third-order valence-corrected chi connectivity index (χ3v) is 7.48. The molecule has 1 aromatic heterocycles. The Morgan fingerprint density at radius 1 is 1.03 bits per heavy atom. The van der Waals surface area contributed by atoms with Gasteiger partial charge in [-0.3, -0.25) is 14.2 Å². The van der Waals surface area contributed by atoms with Crippen LogP contribution in [0.2, 0.25) is 0 Å². The Bertz CT molecular complexity index is 1580. The second kappa shape index (κ2) is 10.7. The Labute approximate surface area is 222 Å². The first-order chi connectivity index (χ1) is 18.4. The van der Waals surface area contributed by atoms with E-state index in [0.717, 1.165) is 40.4 Å². The maximum absolute atomic E-state index is 12.6. The molecule has 0 atom stereocenters. The fraction of sp³-hybridized carbons (Fsp3) is 0.333. The van der Waals surface area contributed by atoms with Crippen molar-refractivity contribution in [3.8, 4) is 23.1 Å². The second-order valence-electron chi connectivity index (χ2n) is 8.94. The third kappa shape index (κ3) is 4.89. The number of carbonyl (C=O) groups is 1. The number of amidine groups is 1. The minimum atomic E-state index is -0.377. The predicted octanol–water partition coefficient (Wildman–Crippen LogP) is 2.19. The average Bonchev–Trinajstić information content (AvgIpc) is 3.48. The Balaban J connectivity index is 1.43. The molecule has 0 spiro atoms. The number of carbonyl (C=O) groups excluding carboxylic acids is 1. The molecule has 38 heavy (non-hydrogen) atoms. The van der Waals surface area contributed by atoms with Crippen LogP contribution in [0.3, 0.4) is 0 Å². The molecule has 3 heterocycles. The van der Waals surface area contributed by atoms with E-state index < -0.39 is 0 Å². The molecule has 11 heteroatoms. The van der Waals surface area contributed by atoms with Crippen molar-refractivity contribution in [2.45, 2.75) is 25.8 Å². The van der Waals surface area contributed by atoms with Gasteiger partial charge in [0.05, 0.1) is 37.3 Å². The number of hydrogen-bond acceptors (Lipinski definition) is 9. The first-order valence-electron chi connectivity index (χ1n) is 12.2. The van der Waals surface area contributed by atoms with Crippen molar-refractivity contribution in [1.29, 1.82) is 0 Å². The van der Waals surface area contributed by atoms with Crippen LogP contribution in [0.15, 0.2) is 45.1 Å². The van der Waals surface area contributed by atoms with Crippen LogP contribution in [0.1, 0.15) is 29.7 Å². The number of nitrogens with zero attached hydrogens (tertiary/aromatic N) is 4. The number of rotatable bonds is 7. The van der Waals surface area contributed by atoms with Crippen molar-refractivity contribution >= 4 is 34.8 Å². The van der Waals surface area contributed by atoms with Crippen molar-refractivity contribution in [2.75, 3.05) is 34.4 Å². The van der Waals surface area contributed by atoms with Crippen molar-refractivity contribution in [1.82, 2.24) is 9.47 Å². The number of methoxy groups -OCH3 is 3. The quantitative estimate of drug-likeness (QED) is 0.495. The van der Waals surface area contributed by atoms with E-state index in [1.54, 1.807) is 44.4 Å². The molecule has 0 radical (unpaired) electrons. The maximum Gasteiger partial charge on any atom is 0.311 e. The van der Waals surface area contributed by atoms with Gasteiger partial charge in [0.25, 0.3) is 0 Å². The average molecular weight is 537 g/mol. The molecule has 1 saturated heterocycles. The van der Waals surface area contributed by atoms with Crippen LogP contribution in [0.4, 0.5) is 5.69 Å². The van der Waals surface area contributed by atoms with Crippen LogP contribution >= 0.6 is 11.3 Å². The molecule has 0 saturated carbocycles. The second-order valence-corrected chi connectivity index (χ2v) is 9.93. The first-order valence-corrected chi connectivity index (χ1v) is 13.0. The van der Waals surface area contributed by atoms with Gasteiger partial charge < -0.3 is 24.2 Å². The van der Waals surface area contributed by atoms with Gasteiger partial charge in [0, 0.05) is 18.7 Å². The van der Waals surface area contributed by atoms with Crippen LogP contribution in [0.25, 0.3) is 6.08 Å². The molecule has 3 aromatic rings. The number of amides is 1. The smallest absolute Gasteiger partial charge is 0.311 e. The number of aliphatic imine (C=N–C) groups is 1. The largest absolute Gasteiger partial charge is 0.493 e. The summed E-state index contributed by atoms with van der Waals surface area (Å²) in [5.41, 5.74) is 1.35. The molecule has 0 unspecified atom stereocenters. The Kier molecular flexibility index (Phi) is 7.19. The molecular formula is C27H28N4O6S. The van der Waals surface area contributed by atoms with Gasteiger partial charge in [-0.25, -0.2) is 9.98 Å². The van der Waals surface area contributed by atoms with Gasteiger partial charge >= 0.3 is 4.87 Å². The van der Waals surface area contributed by atoms with Gasteiger partial charge in [0.2, 0.25) is 17.5 Å². The summed E-state index contributed by atoms with van der Waals surface area (Å²) in [6.07, 6.45) is 4.73. The van der Waals surface area contributed by atoms with E-state index in [-0.39, 0.29) is 23.2 Å². The number of hydrogen-bond donors (Lipinski definition) is 1. The number of likely N-dealkylation sites (tertiary alicyclic amines) is 1. The highest BCUT2D eigenvalue weighted by molar-refractivity contribution is 7.10. The number of fused-ring (bicyclic) bond motifs is 1. The molecule has 198 valence electrons. The van der Waals surface area contributed by atoms with Crippen LogP contribution in [-0.2, 0) is 11.3 Å². The molecule has 2 aliphatic heterocycles. The predicted molar refractivity (Wildman–Crippen MR) is 144 cm³/mol. The molecular weight excluding hydrogens is 508 g/mol. The summed E-state index contributed by atoms with van der Waals surface area (Å²) in [7, 11) is 4.64. The van der Waals surface area contributed by atoms with Gasteiger partial charge in [-0.1, -0.05) is 17.4 Å². The lowest BCUT2D eigenvalue weighted by atomic mass is 10.1. The van der Waals surface area contributed by atoms with Crippen LogP contribution in [0.5, 0.6) is 23.1 Å². The summed E-state index contributed by atoms with van der Waals surface area (Å²) in [5.74, 6) is 1.61. The third-order valence-electron chi connectivity index (χ3n) is 6.57. The maximum atomic E-state index is 12.6. The lowest BCUT2D eigenvalue weighted by molar-refractivity contribution is -0.132. The number of benzene rings is 2. The highest BCUT2D eigenvalue weighted by Gasteiger charge is 2.21. The summed E-state index contributed by atoms with van der Waals surface area (Å²) in [6, 6.07) is 9.06. The zero-order valence-corrected chi connectivity index (χ0v) is 22.2. The Morgan fingerprint density at radius 2 is 1.74 bits per heavy atom. The molecule has 1 fully saturated rings. The lowest BCUT2D eigenvalue weighted by Crippen LogP contribution is -2.38. The van der Waals surface area contributed by atoms with Crippen molar-refractivity contribution in [2.24, 2.45) is 9.98 Å². The number of aromatic nitrogens is 1. The van der Waals surface area contributed by atoms with Crippen LogP contribution in [-0.4, -0.2) is 60.7 Å². The van der Waals surface area contributed by atoms with E-state index in [2.05, 4.69) is 9.98 Å². The topological polar surface area (TPSA) is 115 Å². The van der Waals surface area contributed by atoms with E-state index in [1.165, 1.54) is 0 Å². The van der Waals surface area contributed by atoms with E-state index in [1.807, 2.05) is 18.2 Å². The van der Waals surface area contributed by atoms with Crippen LogP contribution in [0, 0.1) is 0 Å². The summed E-state index contributed by atoms with van der Waals surface area (Å²) in [6.45, 7) is 1.22. The van der Waals surface area contributed by atoms with Gasteiger partial charge in [0.15, 0.2) is 17.3 Å². The van der Waals surface area contributed by atoms with Gasteiger partial charge in [0.1, 0.15) is 6.54 Å². The van der Waals surface area contributed by atoms with Gasteiger partial charge in [-0.15, -0.1) is 0 Å². The fourth-order valence-electron chi connectivity index (χ4n) is 4.58. The number of aromatic hydroxyl groups is 1.